The highest BCUT2D eigenvalue weighted by Crippen LogP contribution is 2.21. The maximum Gasteiger partial charge on any atom is 0.319 e. The molecule has 2 aromatic carbocycles. The average Bonchev–Trinajstić information content (AvgIpc) is 2.63. The van der Waals surface area contributed by atoms with E-state index < -0.39 is 11.8 Å². The van der Waals surface area contributed by atoms with Gasteiger partial charge < -0.3 is 20.3 Å². The third-order valence-electron chi connectivity index (χ3n) is 3.94. The van der Waals surface area contributed by atoms with E-state index in [1.165, 1.54) is 24.3 Å². The second-order valence-electron chi connectivity index (χ2n) is 5.67. The first-order valence-corrected chi connectivity index (χ1v) is 8.04. The molecule has 0 saturated carbocycles. The molecule has 0 aromatic heterocycles. The Labute approximate surface area is 144 Å². The van der Waals surface area contributed by atoms with E-state index in [0.29, 0.717) is 37.6 Å². The predicted octanol–water partition coefficient (Wildman–Crippen LogP) is 3.12. The summed E-state index contributed by atoms with van der Waals surface area (Å²) < 4.78 is 33.0. The quantitative estimate of drug-likeness (QED) is 0.893. The Morgan fingerprint density at radius 1 is 1.08 bits per heavy atom. The van der Waals surface area contributed by atoms with Gasteiger partial charge in [0.2, 0.25) is 0 Å². The average molecular weight is 347 g/mol. The second-order valence-corrected chi connectivity index (χ2v) is 5.67. The minimum Gasteiger partial charge on any atom is -0.378 e. The molecule has 2 aromatic rings. The van der Waals surface area contributed by atoms with Crippen molar-refractivity contribution in [3.05, 3.63) is 59.7 Å². The van der Waals surface area contributed by atoms with Crippen molar-refractivity contribution in [3.63, 3.8) is 0 Å². The zero-order valence-electron chi connectivity index (χ0n) is 13.6. The van der Waals surface area contributed by atoms with Crippen molar-refractivity contribution < 1.29 is 18.3 Å². The van der Waals surface area contributed by atoms with Crippen LogP contribution in [0.15, 0.2) is 42.5 Å². The van der Waals surface area contributed by atoms with Gasteiger partial charge in [-0.2, -0.15) is 0 Å². The number of urea groups is 1. The molecule has 0 unspecified atom stereocenters. The number of carbonyl (C=O) groups is 1. The van der Waals surface area contributed by atoms with Gasteiger partial charge in [-0.15, -0.1) is 0 Å². The Bertz CT molecular complexity index is 749. The molecule has 0 spiro atoms. The van der Waals surface area contributed by atoms with Crippen molar-refractivity contribution in [1.82, 2.24) is 5.32 Å². The standard InChI is InChI=1S/C18H19F2N3O2/c19-14-3-1-2-4-16(14)22-18(24)21-12-13-5-6-17(15(20)11-13)23-7-9-25-10-8-23/h1-6,11H,7-10,12H2,(H2,21,22,24). The first-order chi connectivity index (χ1) is 12.1. The normalized spacial score (nSPS) is 14.2. The van der Waals surface area contributed by atoms with Crippen LogP contribution >= 0.6 is 0 Å². The van der Waals surface area contributed by atoms with E-state index in [4.69, 9.17) is 4.74 Å². The number of rotatable bonds is 4. The van der Waals surface area contributed by atoms with Gasteiger partial charge in [-0.1, -0.05) is 18.2 Å². The Balaban J connectivity index is 1.57. The summed E-state index contributed by atoms with van der Waals surface area (Å²) in [5.74, 6) is -0.853. The molecule has 25 heavy (non-hydrogen) atoms. The third-order valence-corrected chi connectivity index (χ3v) is 3.94. The highest BCUT2D eigenvalue weighted by Gasteiger charge is 2.15. The summed E-state index contributed by atoms with van der Waals surface area (Å²) in [6, 6.07) is 10.2. The van der Waals surface area contributed by atoms with Crippen LogP contribution in [0.4, 0.5) is 25.0 Å². The Morgan fingerprint density at radius 3 is 2.56 bits per heavy atom. The topological polar surface area (TPSA) is 53.6 Å². The van der Waals surface area contributed by atoms with Crippen molar-refractivity contribution >= 4 is 17.4 Å². The van der Waals surface area contributed by atoms with E-state index in [1.807, 2.05) is 4.90 Å². The molecule has 3 rings (SSSR count). The monoisotopic (exact) mass is 347 g/mol. The zero-order valence-corrected chi connectivity index (χ0v) is 13.6. The molecular formula is C18H19F2N3O2. The molecule has 1 aliphatic heterocycles. The second kappa shape index (κ2) is 7.94. The van der Waals surface area contributed by atoms with Crippen LogP contribution in [0, 0.1) is 11.6 Å². The van der Waals surface area contributed by atoms with Gasteiger partial charge in [0.05, 0.1) is 24.6 Å². The molecule has 0 aliphatic carbocycles. The smallest absolute Gasteiger partial charge is 0.319 e. The van der Waals surface area contributed by atoms with Gasteiger partial charge >= 0.3 is 6.03 Å². The van der Waals surface area contributed by atoms with Gasteiger partial charge in [-0.05, 0) is 29.8 Å². The number of amides is 2. The summed E-state index contributed by atoms with van der Waals surface area (Å²) in [6.45, 7) is 2.61. The first-order valence-electron chi connectivity index (χ1n) is 8.04. The maximum absolute atomic E-state index is 14.3. The Hall–Kier alpha value is -2.67. The van der Waals surface area contributed by atoms with Crippen LogP contribution in [0.25, 0.3) is 0 Å². The lowest BCUT2D eigenvalue weighted by Gasteiger charge is -2.29. The number of nitrogens with zero attached hydrogens (tertiary/aromatic N) is 1. The van der Waals surface area contributed by atoms with E-state index in [9.17, 15) is 13.6 Å². The summed E-state index contributed by atoms with van der Waals surface area (Å²) in [6.07, 6.45) is 0. The van der Waals surface area contributed by atoms with Crippen LogP contribution in [0.3, 0.4) is 0 Å². The number of hydrogen-bond donors (Lipinski definition) is 2. The molecular weight excluding hydrogens is 328 g/mol. The fourth-order valence-electron chi connectivity index (χ4n) is 2.63. The lowest BCUT2D eigenvalue weighted by Crippen LogP contribution is -2.36. The van der Waals surface area contributed by atoms with E-state index in [0.717, 1.165) is 0 Å². The van der Waals surface area contributed by atoms with Crippen LogP contribution in [0.1, 0.15) is 5.56 Å². The molecule has 2 amide bonds. The van der Waals surface area contributed by atoms with Crippen molar-refractivity contribution in [3.8, 4) is 0 Å². The van der Waals surface area contributed by atoms with Crippen molar-refractivity contribution in [2.24, 2.45) is 0 Å². The Morgan fingerprint density at radius 2 is 1.84 bits per heavy atom. The van der Waals surface area contributed by atoms with Crippen LogP contribution < -0.4 is 15.5 Å². The fourth-order valence-corrected chi connectivity index (χ4v) is 2.63. The van der Waals surface area contributed by atoms with Crippen LogP contribution in [0.5, 0.6) is 0 Å². The highest BCUT2D eigenvalue weighted by atomic mass is 19.1. The molecule has 5 nitrogen and oxygen atoms in total. The number of morpholine rings is 1. The molecule has 1 aliphatic rings. The SMILES string of the molecule is O=C(NCc1ccc(N2CCOCC2)c(F)c1)Nc1ccccc1F. The number of anilines is 2. The molecule has 0 radical (unpaired) electrons. The number of hydrogen-bond acceptors (Lipinski definition) is 3. The predicted molar refractivity (Wildman–Crippen MR) is 91.7 cm³/mol. The van der Waals surface area contributed by atoms with E-state index in [1.54, 1.807) is 18.2 Å². The fraction of sp³-hybridized carbons (Fsp3) is 0.278. The van der Waals surface area contributed by atoms with Gasteiger partial charge in [0.25, 0.3) is 0 Å². The van der Waals surface area contributed by atoms with Gasteiger partial charge in [0, 0.05) is 19.6 Å². The van der Waals surface area contributed by atoms with Gasteiger partial charge in [0.1, 0.15) is 11.6 Å². The first kappa shape index (κ1) is 17.2. The number of nitrogens with one attached hydrogen (secondary N) is 2. The largest absolute Gasteiger partial charge is 0.378 e. The molecule has 1 saturated heterocycles. The summed E-state index contributed by atoms with van der Waals surface area (Å²) in [5.41, 5.74) is 1.25. The maximum atomic E-state index is 14.3. The van der Waals surface area contributed by atoms with E-state index in [2.05, 4.69) is 10.6 Å². The number of benzene rings is 2. The van der Waals surface area contributed by atoms with Crippen molar-refractivity contribution in [2.75, 3.05) is 36.5 Å². The highest BCUT2D eigenvalue weighted by molar-refractivity contribution is 5.89. The Kier molecular flexibility index (Phi) is 5.45. The summed E-state index contributed by atoms with van der Waals surface area (Å²) in [5, 5.41) is 5.00. The number of halogens is 2. The molecule has 0 bridgehead atoms. The number of ether oxygens (including phenoxy) is 1. The third kappa shape index (κ3) is 4.45. The summed E-state index contributed by atoms with van der Waals surface area (Å²) in [4.78, 5) is 13.8. The van der Waals surface area contributed by atoms with E-state index >= 15 is 0 Å². The summed E-state index contributed by atoms with van der Waals surface area (Å²) in [7, 11) is 0. The molecule has 7 heteroatoms. The molecule has 0 atom stereocenters. The van der Waals surface area contributed by atoms with Crippen molar-refractivity contribution in [2.45, 2.75) is 6.54 Å². The summed E-state index contributed by atoms with van der Waals surface area (Å²) >= 11 is 0. The van der Waals surface area contributed by atoms with Crippen LogP contribution in [-0.4, -0.2) is 32.3 Å². The van der Waals surface area contributed by atoms with Crippen LogP contribution in [-0.2, 0) is 11.3 Å². The lowest BCUT2D eigenvalue weighted by molar-refractivity contribution is 0.122. The zero-order chi connectivity index (χ0) is 17.6. The lowest BCUT2D eigenvalue weighted by atomic mass is 10.1. The molecule has 1 heterocycles. The van der Waals surface area contributed by atoms with Crippen LogP contribution in [0.2, 0.25) is 0 Å². The minimum absolute atomic E-state index is 0.0915. The van der Waals surface area contributed by atoms with Gasteiger partial charge in [0.15, 0.2) is 0 Å². The van der Waals surface area contributed by atoms with Gasteiger partial charge in [-0.3, -0.25) is 0 Å². The number of carbonyl (C=O) groups excluding carboxylic acids is 1. The minimum atomic E-state index is -0.553. The number of para-hydroxylation sites is 1. The van der Waals surface area contributed by atoms with Crippen molar-refractivity contribution in [1.29, 1.82) is 0 Å². The van der Waals surface area contributed by atoms with Gasteiger partial charge in [-0.25, -0.2) is 13.6 Å². The molecule has 132 valence electrons. The molecule has 2 N–H and O–H groups in total. The van der Waals surface area contributed by atoms with E-state index in [-0.39, 0.29) is 18.0 Å². The molecule has 1 fully saturated rings.